The van der Waals surface area contributed by atoms with Crippen molar-refractivity contribution in [2.75, 3.05) is 29.9 Å². The van der Waals surface area contributed by atoms with Crippen LogP contribution in [0.4, 0.5) is 10.1 Å². The van der Waals surface area contributed by atoms with Gasteiger partial charge in [-0.05, 0) is 36.2 Å². The monoisotopic (exact) mass is 449 g/mol. The molecule has 0 bridgehead atoms. The van der Waals surface area contributed by atoms with E-state index in [1.54, 1.807) is 0 Å². The van der Waals surface area contributed by atoms with Crippen LogP contribution < -0.4 is 5.32 Å². The summed E-state index contributed by atoms with van der Waals surface area (Å²) in [4.78, 5) is 18.2. The second-order valence-corrected chi connectivity index (χ2v) is 10.1. The lowest BCUT2D eigenvalue weighted by Gasteiger charge is -2.33. The molecule has 2 N–H and O–H groups in total. The molecule has 2 aromatic carbocycles. The lowest BCUT2D eigenvalue weighted by Crippen LogP contribution is -2.51. The third-order valence-electron chi connectivity index (χ3n) is 5.40. The summed E-state index contributed by atoms with van der Waals surface area (Å²) in [5, 5.41) is 3.88. The van der Waals surface area contributed by atoms with Gasteiger partial charge in [0.15, 0.2) is 9.84 Å². The molecular weight excluding hydrogens is 429 g/mol. The van der Waals surface area contributed by atoms with E-state index < -0.39 is 21.7 Å². The number of nitrogens with one attached hydrogen (secondary N) is 2. The molecule has 1 aromatic heterocycles. The number of amides is 1. The smallest absolute Gasteiger partial charge is 0.242 e. The minimum Gasteiger partial charge on any atom is -0.361 e. The standard InChI is InChI=1S/C21H21ClFN3O3S/c22-15-5-6-19(17(23)12-15)25-21(27)20(26-7-9-30(28,29)10-8-26)11-14-13-24-18-4-2-1-3-16(14)18/h1-6,12-13,20,24H,7-11H2,(H,25,27)/t20-/m0/s1. The Morgan fingerprint density at radius 2 is 1.93 bits per heavy atom. The third-order valence-corrected chi connectivity index (χ3v) is 7.24. The number of para-hydroxylation sites is 1. The predicted octanol–water partition coefficient (Wildman–Crippen LogP) is 3.24. The van der Waals surface area contributed by atoms with Crippen molar-refractivity contribution in [2.24, 2.45) is 0 Å². The molecule has 1 atom stereocenters. The SMILES string of the molecule is O=C(Nc1ccc(Cl)cc1F)[C@H](Cc1c[nH]c2ccccc12)N1CCS(=O)(=O)CC1. The summed E-state index contributed by atoms with van der Waals surface area (Å²) in [6.07, 6.45) is 2.22. The molecule has 0 aliphatic carbocycles. The van der Waals surface area contributed by atoms with Crippen LogP contribution in [0.5, 0.6) is 0 Å². The fourth-order valence-electron chi connectivity index (χ4n) is 3.74. The number of aromatic nitrogens is 1. The summed E-state index contributed by atoms with van der Waals surface area (Å²) in [5.41, 5.74) is 1.94. The average Bonchev–Trinajstić information content (AvgIpc) is 3.11. The van der Waals surface area contributed by atoms with E-state index >= 15 is 0 Å². The number of benzene rings is 2. The maximum atomic E-state index is 14.2. The highest BCUT2D eigenvalue weighted by Crippen LogP contribution is 2.24. The van der Waals surface area contributed by atoms with E-state index in [-0.39, 0.29) is 41.2 Å². The molecule has 0 unspecified atom stereocenters. The molecule has 0 saturated carbocycles. The Balaban J connectivity index is 1.61. The highest BCUT2D eigenvalue weighted by Gasteiger charge is 2.32. The van der Waals surface area contributed by atoms with E-state index in [1.165, 1.54) is 12.1 Å². The number of aromatic amines is 1. The normalized spacial score (nSPS) is 17.7. The van der Waals surface area contributed by atoms with Crippen LogP contribution >= 0.6 is 11.6 Å². The Hall–Kier alpha value is -2.42. The number of carbonyl (C=O) groups is 1. The van der Waals surface area contributed by atoms with Gasteiger partial charge in [0.1, 0.15) is 5.82 Å². The van der Waals surface area contributed by atoms with Gasteiger partial charge in [-0.15, -0.1) is 0 Å². The summed E-state index contributed by atoms with van der Waals surface area (Å²) in [7, 11) is -3.10. The number of halogens is 2. The van der Waals surface area contributed by atoms with Crippen molar-refractivity contribution in [3.63, 3.8) is 0 Å². The van der Waals surface area contributed by atoms with Crippen molar-refractivity contribution in [3.05, 3.63) is 65.1 Å². The first-order chi connectivity index (χ1) is 14.3. The molecule has 3 aromatic rings. The summed E-state index contributed by atoms with van der Waals surface area (Å²) < 4.78 is 37.9. The molecule has 4 rings (SSSR count). The van der Waals surface area contributed by atoms with Crippen LogP contribution in [0.15, 0.2) is 48.7 Å². The Labute approximate surface area is 178 Å². The van der Waals surface area contributed by atoms with Crippen molar-refractivity contribution in [3.8, 4) is 0 Å². The molecule has 1 saturated heterocycles. The van der Waals surface area contributed by atoms with Crippen LogP contribution in [0.1, 0.15) is 5.56 Å². The van der Waals surface area contributed by atoms with Crippen LogP contribution in [0, 0.1) is 5.82 Å². The van der Waals surface area contributed by atoms with Crippen molar-refractivity contribution in [1.29, 1.82) is 0 Å². The third kappa shape index (κ3) is 4.50. The lowest BCUT2D eigenvalue weighted by atomic mass is 10.0. The number of anilines is 1. The maximum absolute atomic E-state index is 14.2. The van der Waals surface area contributed by atoms with Crippen LogP contribution in [-0.4, -0.2) is 54.8 Å². The Bertz CT molecular complexity index is 1180. The number of sulfone groups is 1. The number of nitrogens with zero attached hydrogens (tertiary/aromatic N) is 1. The fraction of sp³-hybridized carbons (Fsp3) is 0.286. The molecule has 1 aliphatic rings. The molecule has 0 spiro atoms. The van der Waals surface area contributed by atoms with Crippen molar-refractivity contribution in [1.82, 2.24) is 9.88 Å². The van der Waals surface area contributed by atoms with Gasteiger partial charge in [-0.3, -0.25) is 9.69 Å². The predicted molar refractivity (Wildman–Crippen MR) is 116 cm³/mol. The van der Waals surface area contributed by atoms with Crippen molar-refractivity contribution in [2.45, 2.75) is 12.5 Å². The molecular formula is C21H21ClFN3O3S. The first-order valence-corrected chi connectivity index (χ1v) is 11.8. The molecule has 1 aliphatic heterocycles. The van der Waals surface area contributed by atoms with Crippen LogP contribution in [0.2, 0.25) is 5.02 Å². The number of H-pyrrole nitrogens is 1. The average molecular weight is 450 g/mol. The first-order valence-electron chi connectivity index (χ1n) is 9.58. The van der Waals surface area contributed by atoms with E-state index in [9.17, 15) is 17.6 Å². The molecule has 9 heteroatoms. The van der Waals surface area contributed by atoms with Gasteiger partial charge in [0.2, 0.25) is 5.91 Å². The van der Waals surface area contributed by atoms with Gasteiger partial charge in [0, 0.05) is 35.2 Å². The first kappa shape index (κ1) is 20.8. The van der Waals surface area contributed by atoms with Crippen molar-refractivity contribution < 1.29 is 17.6 Å². The van der Waals surface area contributed by atoms with Gasteiger partial charge in [0.25, 0.3) is 0 Å². The molecule has 1 fully saturated rings. The van der Waals surface area contributed by atoms with Crippen molar-refractivity contribution >= 4 is 43.9 Å². The van der Waals surface area contributed by atoms with Crippen LogP contribution in [-0.2, 0) is 21.1 Å². The minimum absolute atomic E-state index is 0.0000291. The Morgan fingerprint density at radius 1 is 1.20 bits per heavy atom. The molecule has 30 heavy (non-hydrogen) atoms. The molecule has 2 heterocycles. The zero-order chi connectivity index (χ0) is 21.3. The van der Waals surface area contributed by atoms with Gasteiger partial charge < -0.3 is 10.3 Å². The maximum Gasteiger partial charge on any atom is 0.242 e. The van der Waals surface area contributed by atoms with Gasteiger partial charge >= 0.3 is 0 Å². The van der Waals surface area contributed by atoms with Gasteiger partial charge in [-0.2, -0.15) is 0 Å². The van der Waals surface area contributed by atoms with E-state index in [0.717, 1.165) is 22.5 Å². The number of fused-ring (bicyclic) bond motifs is 1. The summed E-state index contributed by atoms with van der Waals surface area (Å²) >= 11 is 5.79. The fourth-order valence-corrected chi connectivity index (χ4v) is 5.13. The topological polar surface area (TPSA) is 82.3 Å². The number of hydrogen-bond donors (Lipinski definition) is 2. The zero-order valence-electron chi connectivity index (χ0n) is 16.1. The largest absolute Gasteiger partial charge is 0.361 e. The Morgan fingerprint density at radius 3 is 2.67 bits per heavy atom. The highest BCUT2D eigenvalue weighted by atomic mass is 35.5. The van der Waals surface area contributed by atoms with E-state index in [1.807, 2.05) is 35.4 Å². The molecule has 6 nitrogen and oxygen atoms in total. The number of carbonyl (C=O) groups excluding carboxylic acids is 1. The van der Waals surface area contributed by atoms with E-state index in [4.69, 9.17) is 11.6 Å². The molecule has 1 amide bonds. The quantitative estimate of drug-likeness (QED) is 0.626. The summed E-state index contributed by atoms with van der Waals surface area (Å²) in [6, 6.07) is 11.2. The van der Waals surface area contributed by atoms with E-state index in [2.05, 4.69) is 10.3 Å². The second-order valence-electron chi connectivity index (χ2n) is 7.38. The lowest BCUT2D eigenvalue weighted by molar-refractivity contribution is -0.121. The summed E-state index contributed by atoms with van der Waals surface area (Å²) in [5.74, 6) is -1.01. The molecule has 0 radical (unpaired) electrons. The highest BCUT2D eigenvalue weighted by molar-refractivity contribution is 7.91. The van der Waals surface area contributed by atoms with Crippen LogP contribution in [0.25, 0.3) is 10.9 Å². The minimum atomic E-state index is -3.10. The second kappa shape index (κ2) is 8.37. The zero-order valence-corrected chi connectivity index (χ0v) is 17.6. The van der Waals surface area contributed by atoms with Crippen LogP contribution in [0.3, 0.4) is 0 Å². The molecule has 158 valence electrons. The number of rotatable bonds is 5. The van der Waals surface area contributed by atoms with Gasteiger partial charge in [-0.25, -0.2) is 12.8 Å². The van der Waals surface area contributed by atoms with Gasteiger partial charge in [-0.1, -0.05) is 29.8 Å². The number of hydrogen-bond acceptors (Lipinski definition) is 4. The van der Waals surface area contributed by atoms with E-state index in [0.29, 0.717) is 6.42 Å². The Kier molecular flexibility index (Phi) is 5.81. The summed E-state index contributed by atoms with van der Waals surface area (Å²) in [6.45, 7) is 0.512. The van der Waals surface area contributed by atoms with Gasteiger partial charge in [0.05, 0.1) is 23.2 Å².